The van der Waals surface area contributed by atoms with Gasteiger partial charge in [-0.2, -0.15) is 23.4 Å². The summed E-state index contributed by atoms with van der Waals surface area (Å²) in [5.41, 5.74) is 4.90. The molecule has 2 heterocycles. The van der Waals surface area contributed by atoms with Crippen LogP contribution in [0.2, 0.25) is 0 Å². The van der Waals surface area contributed by atoms with E-state index in [1.165, 1.54) is 18.2 Å². The number of hydrogen-bond donors (Lipinski definition) is 1. The maximum absolute atomic E-state index is 13.1. The molecular weight excluding hydrogens is 379 g/mol. The number of fused-ring (bicyclic) bond motifs is 1. The number of aromatic nitrogens is 3. The molecule has 0 unspecified atom stereocenters. The fraction of sp³-hybridized carbons (Fsp3) is 0.0952. The second kappa shape index (κ2) is 7.38. The Hall–Kier alpha value is -3.68. The van der Waals surface area contributed by atoms with Crippen molar-refractivity contribution in [2.24, 2.45) is 5.10 Å². The zero-order chi connectivity index (χ0) is 20.4. The molecule has 0 aliphatic carbocycles. The number of benzene rings is 2. The Labute approximate surface area is 164 Å². The van der Waals surface area contributed by atoms with Crippen LogP contribution in [0.25, 0.3) is 16.7 Å². The first-order chi connectivity index (χ1) is 13.9. The van der Waals surface area contributed by atoms with Crippen LogP contribution >= 0.6 is 0 Å². The second-order valence-electron chi connectivity index (χ2n) is 6.34. The molecular formula is C21H16F3N5. The van der Waals surface area contributed by atoms with Crippen molar-refractivity contribution < 1.29 is 13.2 Å². The van der Waals surface area contributed by atoms with Crippen LogP contribution in [0, 0.1) is 6.92 Å². The Morgan fingerprint density at radius 1 is 1.00 bits per heavy atom. The summed E-state index contributed by atoms with van der Waals surface area (Å²) in [6.45, 7) is 1.84. The maximum Gasteiger partial charge on any atom is 0.417 e. The molecule has 0 aliphatic heterocycles. The molecule has 146 valence electrons. The zero-order valence-corrected chi connectivity index (χ0v) is 15.4. The van der Waals surface area contributed by atoms with E-state index in [-0.39, 0.29) is 5.56 Å². The van der Waals surface area contributed by atoms with Crippen LogP contribution in [0.3, 0.4) is 0 Å². The molecule has 0 atom stereocenters. The number of nitrogens with zero attached hydrogens (tertiary/aromatic N) is 4. The molecule has 5 nitrogen and oxygen atoms in total. The number of nitrogens with one attached hydrogen (secondary N) is 1. The Morgan fingerprint density at radius 2 is 1.72 bits per heavy atom. The number of anilines is 1. The second-order valence-corrected chi connectivity index (χ2v) is 6.34. The molecule has 2 aromatic carbocycles. The summed E-state index contributed by atoms with van der Waals surface area (Å²) in [4.78, 5) is 4.41. The highest BCUT2D eigenvalue weighted by Gasteiger charge is 2.32. The molecule has 8 heteroatoms. The highest BCUT2D eigenvalue weighted by atomic mass is 19.4. The van der Waals surface area contributed by atoms with Crippen LogP contribution in [0.15, 0.2) is 72.0 Å². The minimum atomic E-state index is -4.44. The van der Waals surface area contributed by atoms with E-state index in [2.05, 4.69) is 20.6 Å². The van der Waals surface area contributed by atoms with Gasteiger partial charge in [-0.3, -0.25) is 5.43 Å². The summed E-state index contributed by atoms with van der Waals surface area (Å²) >= 11 is 0. The molecule has 0 aliphatic rings. The summed E-state index contributed by atoms with van der Waals surface area (Å²) in [6, 6.07) is 16.5. The number of hydrogen-bond acceptors (Lipinski definition) is 4. The molecule has 0 amide bonds. The quantitative estimate of drug-likeness (QED) is 0.382. The Balaban J connectivity index is 1.69. The lowest BCUT2D eigenvalue weighted by Gasteiger charge is -2.09. The van der Waals surface area contributed by atoms with Gasteiger partial charge in [0, 0.05) is 11.8 Å². The van der Waals surface area contributed by atoms with E-state index in [0.29, 0.717) is 11.3 Å². The van der Waals surface area contributed by atoms with Crippen molar-refractivity contribution in [2.45, 2.75) is 13.1 Å². The van der Waals surface area contributed by atoms with Crippen LogP contribution < -0.4 is 5.43 Å². The number of alkyl halides is 3. The van der Waals surface area contributed by atoms with Gasteiger partial charge < -0.3 is 0 Å². The summed E-state index contributed by atoms with van der Waals surface area (Å²) < 4.78 is 41.1. The Morgan fingerprint density at radius 3 is 2.48 bits per heavy atom. The molecule has 0 saturated carbocycles. The van der Waals surface area contributed by atoms with Gasteiger partial charge in [-0.25, -0.2) is 9.67 Å². The van der Waals surface area contributed by atoms with Gasteiger partial charge in [0.25, 0.3) is 0 Å². The zero-order valence-electron chi connectivity index (χ0n) is 15.4. The molecule has 4 rings (SSSR count). The van der Waals surface area contributed by atoms with Gasteiger partial charge in [0.1, 0.15) is 0 Å². The van der Waals surface area contributed by atoms with Crippen LogP contribution in [0.1, 0.15) is 16.8 Å². The van der Waals surface area contributed by atoms with Gasteiger partial charge in [0.15, 0.2) is 5.65 Å². The van der Waals surface area contributed by atoms with Crippen LogP contribution in [0.5, 0.6) is 0 Å². The molecule has 0 saturated heterocycles. The summed E-state index contributed by atoms with van der Waals surface area (Å²) in [5.74, 6) is 0. The van der Waals surface area contributed by atoms with Crippen molar-refractivity contribution in [3.8, 4) is 5.69 Å². The van der Waals surface area contributed by atoms with Gasteiger partial charge in [0.2, 0.25) is 0 Å². The lowest BCUT2D eigenvalue weighted by Crippen LogP contribution is -2.08. The fourth-order valence-corrected chi connectivity index (χ4v) is 3.10. The average Bonchev–Trinajstić information content (AvgIpc) is 3.06. The third kappa shape index (κ3) is 3.69. The van der Waals surface area contributed by atoms with Crippen LogP contribution in [-0.2, 0) is 6.18 Å². The first-order valence-corrected chi connectivity index (χ1v) is 8.80. The number of rotatable bonds is 4. The van der Waals surface area contributed by atoms with E-state index in [1.807, 2.05) is 37.3 Å². The molecule has 0 spiro atoms. The normalized spacial score (nSPS) is 12.0. The monoisotopic (exact) mass is 395 g/mol. The lowest BCUT2D eigenvalue weighted by atomic mass is 10.1. The predicted octanol–water partition coefficient (Wildman–Crippen LogP) is 5.19. The Kier molecular flexibility index (Phi) is 4.75. The Bertz CT molecular complexity index is 1180. The average molecular weight is 395 g/mol. The van der Waals surface area contributed by atoms with E-state index in [0.717, 1.165) is 29.0 Å². The van der Waals surface area contributed by atoms with Gasteiger partial charge in [-0.15, -0.1) is 0 Å². The topological polar surface area (TPSA) is 55.1 Å². The van der Waals surface area contributed by atoms with Crippen molar-refractivity contribution >= 4 is 22.9 Å². The minimum absolute atomic E-state index is 0.0190. The molecule has 0 radical (unpaired) electrons. The lowest BCUT2D eigenvalue weighted by molar-refractivity contribution is -0.137. The van der Waals surface area contributed by atoms with Crippen molar-refractivity contribution in [3.63, 3.8) is 0 Å². The van der Waals surface area contributed by atoms with E-state index in [1.54, 1.807) is 16.9 Å². The predicted molar refractivity (Wildman–Crippen MR) is 106 cm³/mol. The number of hydrazone groups is 1. The number of aryl methyl sites for hydroxylation is 1. The van der Waals surface area contributed by atoms with E-state index in [4.69, 9.17) is 0 Å². The third-order valence-corrected chi connectivity index (χ3v) is 4.40. The number of halogens is 3. The minimum Gasteiger partial charge on any atom is -0.278 e. The summed E-state index contributed by atoms with van der Waals surface area (Å²) in [7, 11) is 0. The summed E-state index contributed by atoms with van der Waals surface area (Å²) in [5, 5.41) is 9.31. The smallest absolute Gasteiger partial charge is 0.278 e. The molecule has 0 bridgehead atoms. The van der Waals surface area contributed by atoms with Gasteiger partial charge in [0.05, 0.1) is 34.2 Å². The molecule has 29 heavy (non-hydrogen) atoms. The standard InChI is InChI=1S/C21H16F3N5/c1-14-19-18(27-26-13-15-7-5-6-10-17(15)21(22,23)24)11-12-25-20(19)29(28-14)16-8-3-2-4-9-16/h2-13H,1H3,(H,25,27). The SMILES string of the molecule is Cc1nn(-c2ccccc2)c2nccc(NN=Cc3ccccc3C(F)(F)F)c12. The maximum atomic E-state index is 13.1. The molecule has 2 aromatic heterocycles. The largest absolute Gasteiger partial charge is 0.417 e. The summed E-state index contributed by atoms with van der Waals surface area (Å²) in [6.07, 6.45) is -1.68. The van der Waals surface area contributed by atoms with Crippen molar-refractivity contribution in [2.75, 3.05) is 5.43 Å². The van der Waals surface area contributed by atoms with Crippen LogP contribution in [0.4, 0.5) is 18.9 Å². The van der Waals surface area contributed by atoms with Gasteiger partial charge >= 0.3 is 6.18 Å². The highest BCUT2D eigenvalue weighted by molar-refractivity contribution is 5.93. The van der Waals surface area contributed by atoms with Gasteiger partial charge in [-0.1, -0.05) is 36.4 Å². The van der Waals surface area contributed by atoms with Crippen LogP contribution in [-0.4, -0.2) is 21.0 Å². The first-order valence-electron chi connectivity index (χ1n) is 8.80. The third-order valence-electron chi connectivity index (χ3n) is 4.40. The molecule has 0 fully saturated rings. The van der Waals surface area contributed by atoms with E-state index >= 15 is 0 Å². The van der Waals surface area contributed by atoms with Crippen molar-refractivity contribution in [3.05, 3.63) is 83.7 Å². The van der Waals surface area contributed by atoms with Crippen molar-refractivity contribution in [1.82, 2.24) is 14.8 Å². The highest BCUT2D eigenvalue weighted by Crippen LogP contribution is 2.31. The van der Waals surface area contributed by atoms with Crippen molar-refractivity contribution in [1.29, 1.82) is 0 Å². The number of pyridine rings is 1. The first kappa shape index (κ1) is 18.7. The fourth-order valence-electron chi connectivity index (χ4n) is 3.10. The molecule has 4 aromatic rings. The molecule has 1 N–H and O–H groups in total. The van der Waals surface area contributed by atoms with Gasteiger partial charge in [-0.05, 0) is 31.2 Å². The van der Waals surface area contributed by atoms with E-state index in [9.17, 15) is 13.2 Å². The van der Waals surface area contributed by atoms with E-state index < -0.39 is 11.7 Å². The number of para-hydroxylation sites is 1.